The van der Waals surface area contributed by atoms with Gasteiger partial charge in [0.15, 0.2) is 0 Å². The normalized spacial score (nSPS) is 17.9. The first-order valence-corrected chi connectivity index (χ1v) is 10.0. The van der Waals surface area contributed by atoms with Crippen molar-refractivity contribution >= 4 is 29.7 Å². The van der Waals surface area contributed by atoms with E-state index in [0.29, 0.717) is 11.8 Å². The van der Waals surface area contributed by atoms with Gasteiger partial charge in [-0.2, -0.15) is 0 Å². The Labute approximate surface area is 164 Å². The van der Waals surface area contributed by atoms with E-state index in [9.17, 15) is 4.79 Å². The van der Waals surface area contributed by atoms with Crippen LogP contribution in [-0.2, 0) is 13.1 Å². The van der Waals surface area contributed by atoms with Crippen LogP contribution in [0.1, 0.15) is 65.4 Å². The predicted octanol–water partition coefficient (Wildman–Crippen LogP) is 3.01. The number of amides is 1. The zero-order valence-electron chi connectivity index (χ0n) is 15.3. The fourth-order valence-electron chi connectivity index (χ4n) is 3.85. The molecule has 2 aliphatic heterocycles. The first kappa shape index (κ1) is 19.3. The number of carbonyl (C=O) groups is 1. The van der Waals surface area contributed by atoms with Crippen molar-refractivity contribution in [1.82, 2.24) is 25.0 Å². The molecule has 0 spiro atoms. The Morgan fingerprint density at radius 2 is 2.04 bits per heavy atom. The lowest BCUT2D eigenvalue weighted by Crippen LogP contribution is -2.39. The van der Waals surface area contributed by atoms with Crippen LogP contribution in [-0.4, -0.2) is 45.2 Å². The van der Waals surface area contributed by atoms with Crippen molar-refractivity contribution in [3.63, 3.8) is 0 Å². The summed E-state index contributed by atoms with van der Waals surface area (Å²) < 4.78 is 2.27. The highest BCUT2D eigenvalue weighted by atomic mass is 35.5. The average Bonchev–Trinajstić information content (AvgIpc) is 3.28. The third-order valence-electron chi connectivity index (χ3n) is 5.31. The highest BCUT2D eigenvalue weighted by Gasteiger charge is 2.30. The Morgan fingerprint density at radius 1 is 1.27 bits per heavy atom. The van der Waals surface area contributed by atoms with Crippen LogP contribution in [0.15, 0.2) is 11.4 Å². The van der Waals surface area contributed by atoms with E-state index >= 15 is 0 Å². The Balaban J connectivity index is 0.00000196. The number of hydrogen-bond donors (Lipinski definition) is 1. The molecule has 1 N–H and O–H groups in total. The summed E-state index contributed by atoms with van der Waals surface area (Å²) in [5.41, 5.74) is 1.18. The molecule has 6 nitrogen and oxygen atoms in total. The number of piperidine rings is 1. The van der Waals surface area contributed by atoms with E-state index < -0.39 is 0 Å². The molecule has 0 unspecified atom stereocenters. The summed E-state index contributed by atoms with van der Waals surface area (Å²) in [6.45, 7) is 8.64. The van der Waals surface area contributed by atoms with Crippen molar-refractivity contribution in [2.45, 2.75) is 51.6 Å². The van der Waals surface area contributed by atoms with Gasteiger partial charge in [-0.05, 0) is 35.8 Å². The van der Waals surface area contributed by atoms with E-state index in [-0.39, 0.29) is 18.3 Å². The molecule has 1 saturated heterocycles. The first-order chi connectivity index (χ1) is 12.1. The van der Waals surface area contributed by atoms with Crippen LogP contribution in [0.25, 0.3) is 0 Å². The summed E-state index contributed by atoms with van der Waals surface area (Å²) in [5, 5.41) is 14.1. The van der Waals surface area contributed by atoms with Crippen LogP contribution in [0, 0.1) is 0 Å². The second kappa shape index (κ2) is 8.06. The van der Waals surface area contributed by atoms with Crippen LogP contribution >= 0.6 is 23.7 Å². The molecule has 2 aromatic heterocycles. The smallest absolute Gasteiger partial charge is 0.264 e. The van der Waals surface area contributed by atoms with Gasteiger partial charge in [0.1, 0.15) is 11.6 Å². The van der Waals surface area contributed by atoms with Crippen LogP contribution in [0.2, 0.25) is 0 Å². The number of likely N-dealkylation sites (tertiary alicyclic amines) is 1. The minimum Gasteiger partial charge on any atom is -0.338 e. The predicted molar refractivity (Wildman–Crippen MR) is 105 cm³/mol. The standard InChI is InChI=1S/C18H25N5OS.ClH/c1-12(2)14-5-10-25-16(14)18(24)22-7-3-13(4-8-22)17-21-20-15-11-19-6-9-23(15)17;/h5,10,12-13,19H,3-4,6-9,11H2,1-2H3;1H. The largest absolute Gasteiger partial charge is 0.338 e. The van der Waals surface area contributed by atoms with E-state index in [2.05, 4.69) is 40.0 Å². The lowest BCUT2D eigenvalue weighted by Gasteiger charge is -2.32. The molecule has 142 valence electrons. The van der Waals surface area contributed by atoms with Crippen molar-refractivity contribution in [1.29, 1.82) is 0 Å². The number of hydrogen-bond acceptors (Lipinski definition) is 5. The zero-order chi connectivity index (χ0) is 17.4. The zero-order valence-corrected chi connectivity index (χ0v) is 16.9. The number of aromatic nitrogens is 3. The van der Waals surface area contributed by atoms with Gasteiger partial charge in [-0.1, -0.05) is 13.8 Å². The molecule has 1 amide bonds. The monoisotopic (exact) mass is 395 g/mol. The van der Waals surface area contributed by atoms with Gasteiger partial charge >= 0.3 is 0 Å². The summed E-state index contributed by atoms with van der Waals surface area (Å²) in [7, 11) is 0. The van der Waals surface area contributed by atoms with Crippen LogP contribution < -0.4 is 5.32 Å². The Bertz CT molecular complexity index is 763. The Morgan fingerprint density at radius 3 is 2.77 bits per heavy atom. The molecule has 2 aromatic rings. The van der Waals surface area contributed by atoms with E-state index in [1.54, 1.807) is 11.3 Å². The fourth-order valence-corrected chi connectivity index (χ4v) is 4.87. The van der Waals surface area contributed by atoms with Gasteiger partial charge in [-0.25, -0.2) is 0 Å². The maximum Gasteiger partial charge on any atom is 0.264 e. The van der Waals surface area contributed by atoms with Gasteiger partial charge in [-0.15, -0.1) is 33.9 Å². The molecule has 0 aromatic carbocycles. The fraction of sp³-hybridized carbons (Fsp3) is 0.611. The van der Waals surface area contributed by atoms with Gasteiger partial charge in [-0.3, -0.25) is 4.79 Å². The van der Waals surface area contributed by atoms with Crippen molar-refractivity contribution in [2.24, 2.45) is 0 Å². The number of nitrogens with zero attached hydrogens (tertiary/aromatic N) is 4. The lowest BCUT2D eigenvalue weighted by atomic mass is 9.95. The van der Waals surface area contributed by atoms with Crippen LogP contribution in [0.4, 0.5) is 0 Å². The first-order valence-electron chi connectivity index (χ1n) is 9.14. The quantitative estimate of drug-likeness (QED) is 0.867. The van der Waals surface area contributed by atoms with Crippen LogP contribution in [0.3, 0.4) is 0 Å². The number of halogens is 1. The molecule has 2 aliphatic rings. The topological polar surface area (TPSA) is 63.1 Å². The number of rotatable bonds is 3. The minimum atomic E-state index is 0. The SMILES string of the molecule is CC(C)c1ccsc1C(=O)N1CCC(c2nnc3n2CCNC3)CC1.Cl. The summed E-state index contributed by atoms with van der Waals surface area (Å²) >= 11 is 1.57. The molecule has 0 aliphatic carbocycles. The number of thiophene rings is 1. The van der Waals surface area contributed by atoms with Crippen LogP contribution in [0.5, 0.6) is 0 Å². The number of fused-ring (bicyclic) bond motifs is 1. The molecule has 0 saturated carbocycles. The highest BCUT2D eigenvalue weighted by molar-refractivity contribution is 7.12. The molecule has 1 fully saturated rings. The maximum atomic E-state index is 12.9. The summed E-state index contributed by atoms with van der Waals surface area (Å²) in [6, 6.07) is 2.09. The van der Waals surface area contributed by atoms with E-state index in [4.69, 9.17) is 0 Å². The molecule has 4 rings (SSSR count). The molecule has 0 radical (unpaired) electrons. The van der Waals surface area contributed by atoms with Gasteiger partial charge in [0.05, 0.1) is 11.4 Å². The molecule has 0 atom stereocenters. The van der Waals surface area contributed by atoms with Gasteiger partial charge < -0.3 is 14.8 Å². The lowest BCUT2D eigenvalue weighted by molar-refractivity contribution is 0.0713. The second-order valence-electron chi connectivity index (χ2n) is 7.23. The van der Waals surface area contributed by atoms with Gasteiger partial charge in [0, 0.05) is 32.1 Å². The third kappa shape index (κ3) is 3.52. The van der Waals surface area contributed by atoms with Gasteiger partial charge in [0.2, 0.25) is 0 Å². The molecule has 0 bridgehead atoms. The maximum absolute atomic E-state index is 12.9. The summed E-state index contributed by atoms with van der Waals surface area (Å²) in [6.07, 6.45) is 1.94. The Kier molecular flexibility index (Phi) is 5.99. The van der Waals surface area contributed by atoms with Crippen molar-refractivity contribution in [3.05, 3.63) is 33.5 Å². The van der Waals surface area contributed by atoms with E-state index in [0.717, 1.165) is 62.1 Å². The second-order valence-corrected chi connectivity index (χ2v) is 8.15. The van der Waals surface area contributed by atoms with Crippen molar-refractivity contribution in [2.75, 3.05) is 19.6 Å². The molecular formula is C18H26ClN5OS. The van der Waals surface area contributed by atoms with E-state index in [1.165, 1.54) is 5.56 Å². The summed E-state index contributed by atoms with van der Waals surface area (Å²) in [4.78, 5) is 15.8. The van der Waals surface area contributed by atoms with Crippen molar-refractivity contribution < 1.29 is 4.79 Å². The average molecular weight is 396 g/mol. The Hall–Kier alpha value is -1.44. The number of nitrogens with one attached hydrogen (secondary N) is 1. The molecular weight excluding hydrogens is 370 g/mol. The van der Waals surface area contributed by atoms with E-state index in [1.807, 2.05) is 10.3 Å². The third-order valence-corrected chi connectivity index (χ3v) is 6.23. The molecule has 4 heterocycles. The molecule has 8 heteroatoms. The summed E-state index contributed by atoms with van der Waals surface area (Å²) in [5.74, 6) is 3.15. The minimum absolute atomic E-state index is 0. The van der Waals surface area contributed by atoms with Crippen molar-refractivity contribution in [3.8, 4) is 0 Å². The number of carbonyl (C=O) groups excluding carboxylic acids is 1. The molecule has 26 heavy (non-hydrogen) atoms. The highest BCUT2D eigenvalue weighted by Crippen LogP contribution is 2.31. The van der Waals surface area contributed by atoms with Gasteiger partial charge in [0.25, 0.3) is 5.91 Å².